The molecule has 0 unspecified atom stereocenters. The van der Waals surface area contributed by atoms with Gasteiger partial charge in [-0.2, -0.15) is 0 Å². The summed E-state index contributed by atoms with van der Waals surface area (Å²) in [5.41, 5.74) is 3.46. The summed E-state index contributed by atoms with van der Waals surface area (Å²) in [6.45, 7) is 1.05. The van der Waals surface area contributed by atoms with Crippen molar-refractivity contribution in [2.75, 3.05) is 18.4 Å². The monoisotopic (exact) mass is 417 g/mol. The quantitative estimate of drug-likeness (QED) is 0.501. The van der Waals surface area contributed by atoms with Crippen LogP contribution in [0.4, 0.5) is 5.69 Å². The number of hydrogen-bond donors (Lipinski definition) is 1. The van der Waals surface area contributed by atoms with Gasteiger partial charge in [0.15, 0.2) is 0 Å². The van der Waals surface area contributed by atoms with Gasteiger partial charge in [0.25, 0.3) is 0 Å². The first-order valence-electron chi connectivity index (χ1n) is 9.76. The Morgan fingerprint density at radius 2 is 1.83 bits per heavy atom. The number of nitrogens with one attached hydrogen (secondary N) is 1. The molecule has 0 radical (unpaired) electrons. The van der Waals surface area contributed by atoms with Crippen LogP contribution in [0.3, 0.4) is 0 Å². The van der Waals surface area contributed by atoms with Crippen molar-refractivity contribution in [2.24, 2.45) is 0 Å². The summed E-state index contributed by atoms with van der Waals surface area (Å²) in [6.07, 6.45) is 8.92. The lowest BCUT2D eigenvalue weighted by Gasteiger charge is -2.32. The van der Waals surface area contributed by atoms with Crippen LogP contribution < -0.4 is 5.32 Å². The Balaban J connectivity index is 1.43. The molecule has 1 N–H and O–H groups in total. The Bertz CT molecular complexity index is 1140. The molecule has 0 spiro atoms. The highest BCUT2D eigenvalue weighted by atomic mass is 35.5. The molecule has 2 amide bonds. The van der Waals surface area contributed by atoms with E-state index in [9.17, 15) is 9.59 Å². The third-order valence-corrected chi connectivity index (χ3v) is 5.71. The van der Waals surface area contributed by atoms with Gasteiger partial charge in [-0.15, -0.1) is 6.42 Å². The van der Waals surface area contributed by atoms with Gasteiger partial charge < -0.3 is 10.2 Å². The van der Waals surface area contributed by atoms with Crippen LogP contribution in [0.2, 0.25) is 5.02 Å². The molecule has 6 heteroatoms. The number of rotatable bonds is 2. The summed E-state index contributed by atoms with van der Waals surface area (Å²) in [7, 11) is 0. The molecule has 1 aliphatic rings. The number of aromatic nitrogens is 1. The summed E-state index contributed by atoms with van der Waals surface area (Å²) >= 11 is 5.85. The molecule has 150 valence electrons. The lowest BCUT2D eigenvalue weighted by Crippen LogP contribution is -2.43. The number of nitrogens with zero attached hydrogens (tertiary/aromatic N) is 2. The molecular weight excluding hydrogens is 398 g/mol. The maximum absolute atomic E-state index is 12.6. The number of likely N-dealkylation sites (tertiary alicyclic amines) is 1. The topological polar surface area (TPSA) is 62.3 Å². The van der Waals surface area contributed by atoms with Crippen molar-refractivity contribution in [3.8, 4) is 12.3 Å². The first-order chi connectivity index (χ1) is 14.5. The number of carbonyl (C=O) groups is 2. The van der Waals surface area contributed by atoms with Crippen LogP contribution in [-0.4, -0.2) is 34.8 Å². The molecule has 1 aliphatic heterocycles. The highest BCUT2D eigenvalue weighted by Crippen LogP contribution is 2.33. The normalized spacial score (nSPS) is 14.3. The van der Waals surface area contributed by atoms with Gasteiger partial charge in [0.1, 0.15) is 0 Å². The van der Waals surface area contributed by atoms with Gasteiger partial charge in [-0.05, 0) is 72.9 Å². The van der Waals surface area contributed by atoms with E-state index in [0.29, 0.717) is 23.8 Å². The van der Waals surface area contributed by atoms with Crippen LogP contribution in [0, 0.1) is 12.3 Å². The first kappa shape index (κ1) is 19.9. The van der Waals surface area contributed by atoms with Gasteiger partial charge in [0, 0.05) is 40.9 Å². The number of fused-ring (bicyclic) bond motifs is 1. The summed E-state index contributed by atoms with van der Waals surface area (Å²) < 4.78 is 0. The van der Waals surface area contributed by atoms with Crippen molar-refractivity contribution in [1.82, 2.24) is 9.88 Å². The fourth-order valence-electron chi connectivity index (χ4n) is 3.87. The van der Waals surface area contributed by atoms with Gasteiger partial charge in [0.2, 0.25) is 0 Å². The number of piperidine rings is 1. The zero-order chi connectivity index (χ0) is 21.1. The third kappa shape index (κ3) is 4.14. The van der Waals surface area contributed by atoms with Crippen LogP contribution in [0.15, 0.2) is 54.7 Å². The van der Waals surface area contributed by atoms with E-state index in [-0.39, 0.29) is 5.92 Å². The van der Waals surface area contributed by atoms with Crippen molar-refractivity contribution in [3.05, 3.63) is 70.9 Å². The number of terminal acetylenes is 1. The molecule has 0 bridgehead atoms. The first-order valence-corrected chi connectivity index (χ1v) is 10.1. The van der Waals surface area contributed by atoms with Gasteiger partial charge in [-0.3, -0.25) is 14.6 Å². The van der Waals surface area contributed by atoms with Crippen molar-refractivity contribution in [2.45, 2.75) is 18.8 Å². The zero-order valence-corrected chi connectivity index (χ0v) is 17.0. The highest BCUT2D eigenvalue weighted by molar-refractivity contribution is 6.39. The molecule has 30 heavy (non-hydrogen) atoms. The largest absolute Gasteiger partial charge is 0.334 e. The van der Waals surface area contributed by atoms with Crippen LogP contribution in [0.25, 0.3) is 10.9 Å². The minimum absolute atomic E-state index is 0.284. The molecule has 3 aromatic rings. The van der Waals surface area contributed by atoms with Crippen LogP contribution in [-0.2, 0) is 9.59 Å². The number of benzene rings is 2. The van der Waals surface area contributed by atoms with E-state index in [2.05, 4.69) is 16.2 Å². The highest BCUT2D eigenvalue weighted by Gasteiger charge is 2.28. The second-order valence-corrected chi connectivity index (χ2v) is 7.74. The fraction of sp³-hybridized carbons (Fsp3) is 0.208. The molecular formula is C24H20ClN3O2. The van der Waals surface area contributed by atoms with Gasteiger partial charge in [-0.1, -0.05) is 17.5 Å². The summed E-state index contributed by atoms with van der Waals surface area (Å²) in [6, 6.07) is 14.5. The Morgan fingerprint density at radius 3 is 2.53 bits per heavy atom. The minimum atomic E-state index is -0.635. The van der Waals surface area contributed by atoms with E-state index in [1.807, 2.05) is 30.5 Å². The van der Waals surface area contributed by atoms with E-state index >= 15 is 0 Å². The predicted octanol–water partition coefficient (Wildman–Crippen LogP) is 4.21. The lowest BCUT2D eigenvalue weighted by molar-refractivity contribution is -0.143. The van der Waals surface area contributed by atoms with Gasteiger partial charge in [0.05, 0.1) is 5.52 Å². The van der Waals surface area contributed by atoms with Crippen LogP contribution in [0.1, 0.15) is 29.9 Å². The predicted molar refractivity (Wildman–Crippen MR) is 118 cm³/mol. The molecule has 0 aliphatic carbocycles. The lowest BCUT2D eigenvalue weighted by atomic mass is 9.87. The fourth-order valence-corrected chi connectivity index (χ4v) is 3.99. The van der Waals surface area contributed by atoms with Crippen LogP contribution >= 0.6 is 11.6 Å². The third-order valence-electron chi connectivity index (χ3n) is 5.46. The van der Waals surface area contributed by atoms with Crippen molar-refractivity contribution >= 4 is 40.0 Å². The van der Waals surface area contributed by atoms with E-state index in [4.69, 9.17) is 18.0 Å². The second-order valence-electron chi connectivity index (χ2n) is 7.30. The van der Waals surface area contributed by atoms with E-state index in [1.54, 1.807) is 29.2 Å². The summed E-state index contributed by atoms with van der Waals surface area (Å²) in [5.74, 6) is 1.81. The summed E-state index contributed by atoms with van der Waals surface area (Å²) in [4.78, 5) is 30.9. The maximum Gasteiger partial charge on any atom is 0.313 e. The average molecular weight is 418 g/mol. The smallest absolute Gasteiger partial charge is 0.313 e. The molecule has 4 rings (SSSR count). The molecule has 5 nitrogen and oxygen atoms in total. The Kier molecular flexibility index (Phi) is 5.69. The molecule has 0 atom stereocenters. The van der Waals surface area contributed by atoms with Crippen LogP contribution in [0.5, 0.6) is 0 Å². The maximum atomic E-state index is 12.6. The van der Waals surface area contributed by atoms with Gasteiger partial charge in [-0.25, -0.2) is 0 Å². The van der Waals surface area contributed by atoms with Crippen molar-refractivity contribution < 1.29 is 9.59 Å². The number of pyridine rings is 1. The second kappa shape index (κ2) is 8.56. The standard InChI is InChI=1S/C24H20ClN3O2/c1-2-16-3-8-22-21(15-16)20(9-12-26-22)17-10-13-28(14-11-17)24(30)23(29)27-19-6-4-18(25)5-7-19/h1,3-9,12,15,17H,10-11,13-14H2,(H,27,29). The Morgan fingerprint density at radius 1 is 1.10 bits per heavy atom. The minimum Gasteiger partial charge on any atom is -0.334 e. The van der Waals surface area contributed by atoms with Crippen molar-refractivity contribution in [3.63, 3.8) is 0 Å². The molecule has 0 saturated carbocycles. The molecule has 2 heterocycles. The van der Waals surface area contributed by atoms with Gasteiger partial charge >= 0.3 is 11.8 Å². The molecule has 2 aromatic carbocycles. The van der Waals surface area contributed by atoms with E-state index < -0.39 is 11.8 Å². The Labute approximate surface area is 180 Å². The number of amides is 2. The number of halogens is 1. The number of anilines is 1. The summed E-state index contributed by atoms with van der Waals surface area (Å²) in [5, 5.41) is 4.25. The zero-order valence-electron chi connectivity index (χ0n) is 16.3. The molecule has 1 saturated heterocycles. The number of carbonyl (C=O) groups excluding carboxylic acids is 2. The molecule has 1 aromatic heterocycles. The average Bonchev–Trinajstić information content (AvgIpc) is 2.79. The van der Waals surface area contributed by atoms with Crippen molar-refractivity contribution in [1.29, 1.82) is 0 Å². The van der Waals surface area contributed by atoms with E-state index in [0.717, 1.165) is 29.3 Å². The number of hydrogen-bond acceptors (Lipinski definition) is 3. The SMILES string of the molecule is C#Cc1ccc2nccc(C3CCN(C(=O)C(=O)Nc4ccc(Cl)cc4)CC3)c2c1. The molecule has 1 fully saturated rings. The Hall–Kier alpha value is -3.36. The van der Waals surface area contributed by atoms with E-state index in [1.165, 1.54) is 5.56 Å².